The molecule has 1 aliphatic heterocycles. The Morgan fingerprint density at radius 3 is 1.48 bits per heavy atom. The van der Waals surface area contributed by atoms with Crippen LogP contribution in [0.4, 0.5) is 8.78 Å². The number of esters is 3. The third-order valence-corrected chi connectivity index (χ3v) is 16.1. The molecule has 0 aromatic carbocycles. The molecule has 13 rings (SSSR count). The molecule has 1 saturated heterocycles. The number of carbonyl (C=O) groups excluding carboxylic acids is 3. The fourth-order valence-electron chi connectivity index (χ4n) is 15.2. The van der Waals surface area contributed by atoms with E-state index < -0.39 is 39.7 Å². The molecular formula is C40H54F2O8. The van der Waals surface area contributed by atoms with Crippen molar-refractivity contribution < 1.29 is 46.8 Å². The zero-order chi connectivity index (χ0) is 34.3. The largest absolute Gasteiger partial charge is 0.462 e. The van der Waals surface area contributed by atoms with Crippen LogP contribution in [0.25, 0.3) is 0 Å². The van der Waals surface area contributed by atoms with E-state index in [9.17, 15) is 23.2 Å². The number of halogens is 2. The second-order valence-electron chi connectivity index (χ2n) is 20.0. The molecule has 12 saturated carbocycles. The van der Waals surface area contributed by atoms with Crippen LogP contribution in [-0.2, 0) is 38.1 Å². The van der Waals surface area contributed by atoms with Crippen LogP contribution in [-0.4, -0.2) is 60.6 Å². The number of hydrogen-bond acceptors (Lipinski definition) is 8. The lowest BCUT2D eigenvalue weighted by Crippen LogP contribution is -2.71. The van der Waals surface area contributed by atoms with Crippen molar-refractivity contribution in [2.24, 2.45) is 64.1 Å². The highest BCUT2D eigenvalue weighted by molar-refractivity contribution is 5.79. The highest BCUT2D eigenvalue weighted by atomic mass is 19.3. The standard InChI is InChI=1S/C40H54F2O8/c1-35(41,42)32(43)49-39-18-29-10-30(19-39)40(31(11-29)20-39)48-3-2-38(50-40,21-46-33(44)36-12-23-4-24(13-36)6-25(5-23)14-36)22-47-34(45)37-15-26-7-27(16-37)9-28(8-26)17-37/h23-31H,2-22H2,1H3. The van der Waals surface area contributed by atoms with Crippen molar-refractivity contribution >= 4 is 17.9 Å². The highest BCUT2D eigenvalue weighted by Crippen LogP contribution is 2.65. The number of ether oxygens (including phenoxy) is 5. The lowest BCUT2D eigenvalue weighted by Gasteiger charge is -2.65. The van der Waals surface area contributed by atoms with Gasteiger partial charge in [-0.05, 0) is 151 Å². The van der Waals surface area contributed by atoms with Crippen LogP contribution >= 0.6 is 0 Å². The van der Waals surface area contributed by atoms with E-state index in [4.69, 9.17) is 23.7 Å². The number of carbonyl (C=O) groups is 3. The van der Waals surface area contributed by atoms with Crippen molar-refractivity contribution in [3.05, 3.63) is 0 Å². The van der Waals surface area contributed by atoms with Crippen LogP contribution in [0.2, 0.25) is 0 Å². The molecule has 12 aliphatic carbocycles. The fraction of sp³-hybridized carbons (Fsp3) is 0.925. The van der Waals surface area contributed by atoms with Gasteiger partial charge in [0.15, 0.2) is 5.79 Å². The summed E-state index contributed by atoms with van der Waals surface area (Å²) in [4.78, 5) is 40.8. The molecule has 0 aromatic rings. The van der Waals surface area contributed by atoms with Crippen LogP contribution in [0.1, 0.15) is 122 Å². The Hall–Kier alpha value is -1.81. The molecule has 10 heteroatoms. The van der Waals surface area contributed by atoms with E-state index in [1.165, 1.54) is 38.5 Å². The molecule has 2 unspecified atom stereocenters. The Morgan fingerprint density at radius 2 is 1.06 bits per heavy atom. The van der Waals surface area contributed by atoms with Gasteiger partial charge in [0.1, 0.15) is 24.4 Å². The second kappa shape index (κ2) is 10.9. The lowest BCUT2D eigenvalue weighted by atomic mass is 9.49. The highest BCUT2D eigenvalue weighted by Gasteiger charge is 2.69. The summed E-state index contributed by atoms with van der Waals surface area (Å²) in [5.74, 6) is -2.81. The average molecular weight is 701 g/mol. The summed E-state index contributed by atoms with van der Waals surface area (Å²) in [6.07, 6.45) is 16.2. The summed E-state index contributed by atoms with van der Waals surface area (Å²) < 4.78 is 60.3. The van der Waals surface area contributed by atoms with Gasteiger partial charge in [-0.2, -0.15) is 8.78 Å². The van der Waals surface area contributed by atoms with Gasteiger partial charge in [-0.15, -0.1) is 0 Å². The number of alkyl halides is 2. The lowest BCUT2D eigenvalue weighted by molar-refractivity contribution is -0.416. The van der Waals surface area contributed by atoms with E-state index in [0.29, 0.717) is 74.7 Å². The Balaban J connectivity index is 0.913. The minimum absolute atomic E-state index is 0.00208. The first-order chi connectivity index (χ1) is 23.8. The molecule has 2 atom stereocenters. The molecule has 0 N–H and O–H groups in total. The minimum atomic E-state index is -3.56. The van der Waals surface area contributed by atoms with Crippen molar-refractivity contribution in [2.75, 3.05) is 19.8 Å². The first-order valence-electron chi connectivity index (χ1n) is 20.1. The molecule has 1 heterocycles. The molecule has 0 radical (unpaired) electrons. The Morgan fingerprint density at radius 1 is 0.640 bits per heavy atom. The average Bonchev–Trinajstić information content (AvgIpc) is 3.03. The zero-order valence-corrected chi connectivity index (χ0v) is 29.6. The Labute approximate surface area is 293 Å². The quantitative estimate of drug-likeness (QED) is 0.195. The van der Waals surface area contributed by atoms with Crippen molar-refractivity contribution in [1.82, 2.24) is 0 Å². The summed E-state index contributed by atoms with van der Waals surface area (Å²) in [5.41, 5.74) is -2.88. The molecule has 50 heavy (non-hydrogen) atoms. The Bertz CT molecular complexity index is 1300. The topological polar surface area (TPSA) is 97.4 Å². The van der Waals surface area contributed by atoms with Crippen LogP contribution in [0.5, 0.6) is 0 Å². The predicted molar refractivity (Wildman–Crippen MR) is 173 cm³/mol. The fourth-order valence-corrected chi connectivity index (χ4v) is 15.2. The Kier molecular flexibility index (Phi) is 7.14. The summed E-state index contributed by atoms with van der Waals surface area (Å²) in [6, 6.07) is 0. The maximum Gasteiger partial charge on any atom is 0.377 e. The third-order valence-electron chi connectivity index (χ3n) is 16.1. The van der Waals surface area contributed by atoms with Crippen LogP contribution in [0.15, 0.2) is 0 Å². The zero-order valence-electron chi connectivity index (χ0n) is 29.6. The van der Waals surface area contributed by atoms with E-state index in [1.807, 2.05) is 0 Å². The SMILES string of the molecule is CC(F)(F)C(=O)OC12CC3CC(C1)C1(OCCC(COC(=O)C45CC6CC(CC(C6)C4)C5)(COC(=O)C45CC6CC(CC(C6)C4)C5)O1)C(C3)C2. The van der Waals surface area contributed by atoms with Crippen molar-refractivity contribution in [1.29, 1.82) is 0 Å². The van der Waals surface area contributed by atoms with Crippen molar-refractivity contribution in [3.8, 4) is 0 Å². The first-order valence-corrected chi connectivity index (χ1v) is 20.1. The maximum absolute atomic E-state index is 14.2. The minimum Gasteiger partial charge on any atom is -0.462 e. The predicted octanol–water partition coefficient (Wildman–Crippen LogP) is 7.15. The normalized spacial score (nSPS) is 52.0. The van der Waals surface area contributed by atoms with E-state index in [0.717, 1.165) is 51.4 Å². The van der Waals surface area contributed by atoms with Crippen LogP contribution in [0.3, 0.4) is 0 Å². The van der Waals surface area contributed by atoms with Crippen LogP contribution in [0, 0.1) is 64.1 Å². The van der Waals surface area contributed by atoms with Gasteiger partial charge in [0, 0.05) is 25.2 Å². The van der Waals surface area contributed by atoms with Gasteiger partial charge in [0.25, 0.3) is 0 Å². The van der Waals surface area contributed by atoms with Gasteiger partial charge in [0.05, 0.1) is 17.4 Å². The summed E-state index contributed by atoms with van der Waals surface area (Å²) in [7, 11) is 0. The molecule has 0 aromatic heterocycles. The molecule has 12 bridgehead atoms. The summed E-state index contributed by atoms with van der Waals surface area (Å²) in [6.45, 7) is 0.936. The smallest absolute Gasteiger partial charge is 0.377 e. The van der Waals surface area contributed by atoms with Gasteiger partial charge in [-0.25, -0.2) is 4.79 Å². The number of hydrogen-bond donors (Lipinski definition) is 0. The van der Waals surface area contributed by atoms with E-state index >= 15 is 0 Å². The van der Waals surface area contributed by atoms with Crippen LogP contribution < -0.4 is 0 Å². The molecule has 276 valence electrons. The monoisotopic (exact) mass is 700 g/mol. The van der Waals surface area contributed by atoms with E-state index in [2.05, 4.69) is 0 Å². The molecule has 13 fully saturated rings. The van der Waals surface area contributed by atoms with Gasteiger partial charge in [-0.3, -0.25) is 9.59 Å². The molecule has 0 amide bonds. The van der Waals surface area contributed by atoms with Gasteiger partial charge in [0.2, 0.25) is 0 Å². The first kappa shape index (κ1) is 32.8. The molecule has 8 nitrogen and oxygen atoms in total. The molecule has 13 aliphatic rings. The molecular weight excluding hydrogens is 646 g/mol. The summed E-state index contributed by atoms with van der Waals surface area (Å²) in [5, 5.41) is 0. The van der Waals surface area contributed by atoms with Crippen molar-refractivity contribution in [2.45, 2.75) is 145 Å². The van der Waals surface area contributed by atoms with Crippen molar-refractivity contribution in [3.63, 3.8) is 0 Å². The third kappa shape index (κ3) is 5.09. The van der Waals surface area contributed by atoms with E-state index in [-0.39, 0.29) is 42.9 Å². The number of rotatable bonds is 8. The van der Waals surface area contributed by atoms with Gasteiger partial charge < -0.3 is 23.7 Å². The van der Waals surface area contributed by atoms with Gasteiger partial charge in [-0.1, -0.05) is 0 Å². The van der Waals surface area contributed by atoms with E-state index in [1.54, 1.807) is 0 Å². The maximum atomic E-state index is 14.2. The molecule has 1 spiro atoms. The summed E-state index contributed by atoms with van der Waals surface area (Å²) >= 11 is 0. The second-order valence-corrected chi connectivity index (χ2v) is 20.0. The van der Waals surface area contributed by atoms with Gasteiger partial charge >= 0.3 is 23.8 Å².